The molecule has 2 saturated heterocycles. The van der Waals surface area contributed by atoms with Crippen molar-refractivity contribution >= 4 is 11.7 Å². The van der Waals surface area contributed by atoms with Gasteiger partial charge in [-0.1, -0.05) is 5.16 Å². The molecule has 5 nitrogen and oxygen atoms in total. The molecule has 16 heavy (non-hydrogen) atoms. The molecule has 0 atom stereocenters. The molecule has 0 amide bonds. The Morgan fingerprint density at radius 3 is 2.81 bits per heavy atom. The highest BCUT2D eigenvalue weighted by molar-refractivity contribution is 5.88. The molecule has 1 spiro atoms. The standard InChI is InChI=1S/C11H18N2O3/c1-9(14)16-12-10-7-11(15-8-10)3-5-13(2)6-4-11/h3-8H2,1-2H3/b12-10+. The molecule has 90 valence electrons. The van der Waals surface area contributed by atoms with Gasteiger partial charge < -0.3 is 14.5 Å². The highest BCUT2D eigenvalue weighted by Gasteiger charge is 2.40. The molecule has 0 bridgehead atoms. The van der Waals surface area contributed by atoms with Crippen molar-refractivity contribution < 1.29 is 14.4 Å². The van der Waals surface area contributed by atoms with Crippen LogP contribution < -0.4 is 0 Å². The van der Waals surface area contributed by atoms with Gasteiger partial charge in [0.1, 0.15) is 0 Å². The molecule has 0 radical (unpaired) electrons. The largest absolute Gasteiger partial charge is 0.368 e. The number of likely N-dealkylation sites (tertiary alicyclic amines) is 1. The molecular formula is C11H18N2O3. The number of nitrogens with zero attached hydrogens (tertiary/aromatic N) is 2. The summed E-state index contributed by atoms with van der Waals surface area (Å²) in [7, 11) is 2.12. The number of carbonyl (C=O) groups is 1. The Balaban J connectivity index is 1.92. The molecule has 0 aromatic rings. The first-order valence-electron chi connectivity index (χ1n) is 5.65. The maximum Gasteiger partial charge on any atom is 0.331 e. The molecular weight excluding hydrogens is 208 g/mol. The van der Waals surface area contributed by atoms with Crippen LogP contribution in [-0.4, -0.2) is 48.9 Å². The first-order valence-corrected chi connectivity index (χ1v) is 5.65. The van der Waals surface area contributed by atoms with Gasteiger partial charge >= 0.3 is 5.97 Å². The van der Waals surface area contributed by atoms with Crippen LogP contribution in [0.1, 0.15) is 26.2 Å². The molecule has 2 heterocycles. The lowest BCUT2D eigenvalue weighted by Gasteiger charge is -2.36. The summed E-state index contributed by atoms with van der Waals surface area (Å²) in [5.74, 6) is -0.378. The average Bonchev–Trinajstić information content (AvgIpc) is 2.64. The van der Waals surface area contributed by atoms with Crippen LogP contribution >= 0.6 is 0 Å². The van der Waals surface area contributed by atoms with Gasteiger partial charge in [-0.3, -0.25) is 0 Å². The molecule has 2 rings (SSSR count). The third kappa shape index (κ3) is 2.59. The van der Waals surface area contributed by atoms with E-state index in [1.165, 1.54) is 6.92 Å². The molecule has 2 aliphatic heterocycles. The minimum absolute atomic E-state index is 0.0501. The van der Waals surface area contributed by atoms with Gasteiger partial charge in [-0.15, -0.1) is 0 Å². The number of piperidine rings is 1. The summed E-state index contributed by atoms with van der Waals surface area (Å²) in [6.45, 7) is 3.96. The summed E-state index contributed by atoms with van der Waals surface area (Å²) in [5, 5.41) is 3.82. The Bertz CT molecular complexity index is 306. The second-order valence-corrected chi connectivity index (χ2v) is 4.69. The molecule has 5 heteroatoms. The monoisotopic (exact) mass is 226 g/mol. The van der Waals surface area contributed by atoms with E-state index >= 15 is 0 Å². The van der Waals surface area contributed by atoms with Crippen LogP contribution in [0.4, 0.5) is 0 Å². The van der Waals surface area contributed by atoms with E-state index < -0.39 is 0 Å². The quantitative estimate of drug-likeness (QED) is 0.490. The molecule has 0 unspecified atom stereocenters. The predicted octanol–water partition coefficient (Wildman–Crippen LogP) is 0.790. The van der Waals surface area contributed by atoms with Gasteiger partial charge in [-0.2, -0.15) is 0 Å². The Morgan fingerprint density at radius 2 is 2.19 bits per heavy atom. The van der Waals surface area contributed by atoms with Crippen molar-refractivity contribution in [2.24, 2.45) is 5.16 Å². The van der Waals surface area contributed by atoms with Crippen LogP contribution in [0.3, 0.4) is 0 Å². The number of ether oxygens (including phenoxy) is 1. The zero-order valence-electron chi connectivity index (χ0n) is 9.86. The van der Waals surface area contributed by atoms with Crippen LogP contribution in [0.15, 0.2) is 5.16 Å². The van der Waals surface area contributed by atoms with Crippen LogP contribution in [0.5, 0.6) is 0 Å². The average molecular weight is 226 g/mol. The summed E-state index contributed by atoms with van der Waals surface area (Å²) in [6, 6.07) is 0. The summed E-state index contributed by atoms with van der Waals surface area (Å²) in [5.41, 5.74) is 0.797. The SMILES string of the molecule is CC(=O)O/N=C1/COC2(CCN(C)CC2)C1. The lowest BCUT2D eigenvalue weighted by atomic mass is 9.88. The Hall–Kier alpha value is -0.940. The third-order valence-corrected chi connectivity index (χ3v) is 3.27. The maximum absolute atomic E-state index is 10.6. The van der Waals surface area contributed by atoms with Gasteiger partial charge in [-0.25, -0.2) is 4.79 Å². The van der Waals surface area contributed by atoms with E-state index in [4.69, 9.17) is 4.74 Å². The van der Waals surface area contributed by atoms with Gasteiger partial charge in [-0.05, 0) is 19.9 Å². The molecule has 2 aliphatic rings. The van der Waals surface area contributed by atoms with Crippen molar-refractivity contribution in [1.29, 1.82) is 0 Å². The van der Waals surface area contributed by atoms with Crippen LogP contribution in [-0.2, 0) is 14.4 Å². The van der Waals surface area contributed by atoms with E-state index in [-0.39, 0.29) is 11.6 Å². The highest BCUT2D eigenvalue weighted by atomic mass is 16.7. The number of rotatable bonds is 1. The summed E-state index contributed by atoms with van der Waals surface area (Å²) in [6.07, 6.45) is 2.86. The van der Waals surface area contributed by atoms with E-state index in [1.807, 2.05) is 0 Å². The van der Waals surface area contributed by atoms with Gasteiger partial charge in [0, 0.05) is 26.4 Å². The lowest BCUT2D eigenvalue weighted by Crippen LogP contribution is -2.42. The predicted molar refractivity (Wildman–Crippen MR) is 59.2 cm³/mol. The first-order chi connectivity index (χ1) is 7.60. The van der Waals surface area contributed by atoms with Crippen LogP contribution in [0, 0.1) is 0 Å². The first kappa shape index (κ1) is 11.5. The molecule has 2 fully saturated rings. The van der Waals surface area contributed by atoms with Gasteiger partial charge in [0.25, 0.3) is 0 Å². The second kappa shape index (κ2) is 4.51. The van der Waals surface area contributed by atoms with E-state index in [0.717, 1.165) is 38.1 Å². The summed E-state index contributed by atoms with van der Waals surface area (Å²) >= 11 is 0. The van der Waals surface area contributed by atoms with Crippen molar-refractivity contribution in [1.82, 2.24) is 4.90 Å². The van der Waals surface area contributed by atoms with Crippen molar-refractivity contribution in [3.05, 3.63) is 0 Å². The van der Waals surface area contributed by atoms with Gasteiger partial charge in [0.15, 0.2) is 0 Å². The van der Waals surface area contributed by atoms with Gasteiger partial charge in [0.05, 0.1) is 17.9 Å². The minimum atomic E-state index is -0.378. The van der Waals surface area contributed by atoms with Crippen LogP contribution in [0.2, 0.25) is 0 Å². The number of hydrogen-bond donors (Lipinski definition) is 0. The molecule has 0 N–H and O–H groups in total. The lowest BCUT2D eigenvalue weighted by molar-refractivity contribution is -0.140. The van der Waals surface area contributed by atoms with Crippen LogP contribution in [0.25, 0.3) is 0 Å². The maximum atomic E-state index is 10.6. The van der Waals surface area contributed by atoms with E-state index in [1.54, 1.807) is 0 Å². The zero-order chi connectivity index (χ0) is 11.6. The Labute approximate surface area is 95.4 Å². The fourth-order valence-corrected chi connectivity index (χ4v) is 2.24. The van der Waals surface area contributed by atoms with Crippen molar-refractivity contribution in [2.75, 3.05) is 26.7 Å². The zero-order valence-corrected chi connectivity index (χ0v) is 9.86. The topological polar surface area (TPSA) is 51.1 Å². The van der Waals surface area contributed by atoms with Gasteiger partial charge in [0.2, 0.25) is 0 Å². The summed E-state index contributed by atoms with van der Waals surface area (Å²) < 4.78 is 5.83. The third-order valence-electron chi connectivity index (χ3n) is 3.27. The molecule has 0 aliphatic carbocycles. The molecule has 0 aromatic heterocycles. The van der Waals surface area contributed by atoms with E-state index in [0.29, 0.717) is 6.61 Å². The number of hydrogen-bond acceptors (Lipinski definition) is 5. The Kier molecular flexibility index (Phi) is 3.25. The minimum Gasteiger partial charge on any atom is -0.368 e. The fourth-order valence-electron chi connectivity index (χ4n) is 2.24. The highest BCUT2D eigenvalue weighted by Crippen LogP contribution is 2.34. The Morgan fingerprint density at radius 1 is 1.50 bits per heavy atom. The number of carbonyl (C=O) groups excluding carboxylic acids is 1. The molecule has 0 saturated carbocycles. The van der Waals surface area contributed by atoms with Crippen molar-refractivity contribution in [3.63, 3.8) is 0 Å². The van der Waals surface area contributed by atoms with Crippen molar-refractivity contribution in [3.8, 4) is 0 Å². The normalized spacial score (nSPS) is 27.5. The smallest absolute Gasteiger partial charge is 0.331 e. The van der Waals surface area contributed by atoms with E-state index in [9.17, 15) is 4.79 Å². The van der Waals surface area contributed by atoms with Crippen molar-refractivity contribution in [2.45, 2.75) is 31.8 Å². The number of oxime groups is 1. The summed E-state index contributed by atoms with van der Waals surface area (Å²) in [4.78, 5) is 17.6. The second-order valence-electron chi connectivity index (χ2n) is 4.69. The molecule has 0 aromatic carbocycles. The van der Waals surface area contributed by atoms with E-state index in [2.05, 4.69) is 21.9 Å². The fraction of sp³-hybridized carbons (Fsp3) is 0.818.